The minimum absolute atomic E-state index is 0.251. The zero-order valence-electron chi connectivity index (χ0n) is 9.78. The first-order valence-corrected chi connectivity index (χ1v) is 5.78. The Bertz CT molecular complexity index is 418. The summed E-state index contributed by atoms with van der Waals surface area (Å²) in [5.74, 6) is -1.26. The van der Waals surface area contributed by atoms with Crippen LogP contribution in [0.3, 0.4) is 0 Å². The van der Waals surface area contributed by atoms with Crippen molar-refractivity contribution in [3.63, 3.8) is 0 Å². The highest BCUT2D eigenvalue weighted by atomic mass is 16.5. The summed E-state index contributed by atoms with van der Waals surface area (Å²) in [6.45, 7) is 1.09. The summed E-state index contributed by atoms with van der Waals surface area (Å²) < 4.78 is 6.98. The maximum Gasteiger partial charge on any atom is 0.332 e. The molecule has 1 aromatic rings. The molecule has 1 aliphatic rings. The number of rotatable bonds is 5. The molecule has 0 spiro atoms. The lowest BCUT2D eigenvalue weighted by molar-refractivity contribution is -0.151. The summed E-state index contributed by atoms with van der Waals surface area (Å²) in [6, 6.07) is 0. The van der Waals surface area contributed by atoms with E-state index < -0.39 is 18.2 Å². The molecule has 0 radical (unpaired) electrons. The highest BCUT2D eigenvalue weighted by Gasteiger charge is 2.34. The highest BCUT2D eigenvalue weighted by molar-refractivity contribution is 5.82. The van der Waals surface area contributed by atoms with E-state index >= 15 is 0 Å². The van der Waals surface area contributed by atoms with Crippen LogP contribution in [0.1, 0.15) is 12.8 Å². The van der Waals surface area contributed by atoms with Crippen LogP contribution in [-0.2, 0) is 20.9 Å². The van der Waals surface area contributed by atoms with Crippen molar-refractivity contribution >= 4 is 11.9 Å². The first kappa shape index (κ1) is 12.6. The molecule has 2 N–H and O–H groups in total. The lowest BCUT2D eigenvalue weighted by Gasteiger charge is -2.11. The number of carboxylic acids is 1. The minimum atomic E-state index is -1.01. The van der Waals surface area contributed by atoms with E-state index in [2.05, 4.69) is 10.3 Å². The van der Waals surface area contributed by atoms with E-state index in [-0.39, 0.29) is 5.91 Å². The average Bonchev–Trinajstić information content (AvgIpc) is 2.99. The standard InChI is InChI=1S/C11H15N3O4/c15-10(8-1-2-9(18-8)11(16)17)13-4-6-14-5-3-12-7-14/h3,5,7-9H,1-2,4,6H2,(H,13,15)(H,16,17)/t8-,9+/m0/s1. The van der Waals surface area contributed by atoms with E-state index in [0.717, 1.165) is 0 Å². The SMILES string of the molecule is O=C(NCCn1ccnc1)[C@@H]1CC[C@H](C(=O)O)O1. The molecule has 0 bridgehead atoms. The molecule has 0 saturated carbocycles. The van der Waals surface area contributed by atoms with E-state index in [4.69, 9.17) is 9.84 Å². The van der Waals surface area contributed by atoms with Crippen LogP contribution in [0.2, 0.25) is 0 Å². The molecule has 1 amide bonds. The van der Waals surface area contributed by atoms with Gasteiger partial charge >= 0.3 is 5.97 Å². The third-order valence-corrected chi connectivity index (χ3v) is 2.82. The Morgan fingerprint density at radius 2 is 2.22 bits per heavy atom. The average molecular weight is 253 g/mol. The van der Waals surface area contributed by atoms with Gasteiger partial charge in [-0.1, -0.05) is 0 Å². The molecule has 1 fully saturated rings. The van der Waals surface area contributed by atoms with Gasteiger partial charge in [0.05, 0.1) is 6.33 Å². The van der Waals surface area contributed by atoms with Crippen molar-refractivity contribution in [2.75, 3.05) is 6.54 Å². The van der Waals surface area contributed by atoms with Crippen molar-refractivity contribution in [3.05, 3.63) is 18.7 Å². The van der Waals surface area contributed by atoms with Gasteiger partial charge in [0.1, 0.15) is 6.10 Å². The van der Waals surface area contributed by atoms with Crippen LogP contribution >= 0.6 is 0 Å². The van der Waals surface area contributed by atoms with Gasteiger partial charge in [0.25, 0.3) is 0 Å². The van der Waals surface area contributed by atoms with Crippen LogP contribution in [0.4, 0.5) is 0 Å². The van der Waals surface area contributed by atoms with Crippen LogP contribution in [-0.4, -0.2) is 45.3 Å². The summed E-state index contributed by atoms with van der Waals surface area (Å²) >= 11 is 0. The third kappa shape index (κ3) is 3.07. The Morgan fingerprint density at radius 1 is 1.44 bits per heavy atom. The minimum Gasteiger partial charge on any atom is -0.479 e. The van der Waals surface area contributed by atoms with Crippen molar-refractivity contribution in [2.24, 2.45) is 0 Å². The molecule has 0 aromatic carbocycles. The molecule has 7 heteroatoms. The summed E-state index contributed by atoms with van der Waals surface area (Å²) in [6.07, 6.45) is 4.47. The van der Waals surface area contributed by atoms with Gasteiger partial charge in [-0.25, -0.2) is 9.78 Å². The third-order valence-electron chi connectivity index (χ3n) is 2.82. The number of hydrogen-bond acceptors (Lipinski definition) is 4. The monoisotopic (exact) mass is 253 g/mol. The fourth-order valence-electron chi connectivity index (χ4n) is 1.85. The number of ether oxygens (including phenoxy) is 1. The van der Waals surface area contributed by atoms with E-state index in [9.17, 15) is 9.59 Å². The Balaban J connectivity index is 1.71. The molecule has 1 aliphatic heterocycles. The van der Waals surface area contributed by atoms with E-state index in [0.29, 0.717) is 25.9 Å². The van der Waals surface area contributed by atoms with Gasteiger partial charge in [-0.3, -0.25) is 4.79 Å². The molecule has 0 unspecified atom stereocenters. The van der Waals surface area contributed by atoms with Crippen molar-refractivity contribution < 1.29 is 19.4 Å². The van der Waals surface area contributed by atoms with E-state index in [1.165, 1.54) is 0 Å². The van der Waals surface area contributed by atoms with E-state index in [1.54, 1.807) is 18.7 Å². The summed E-state index contributed by atoms with van der Waals surface area (Å²) in [4.78, 5) is 26.2. The van der Waals surface area contributed by atoms with Crippen LogP contribution in [0.25, 0.3) is 0 Å². The van der Waals surface area contributed by atoms with Gasteiger partial charge in [-0.2, -0.15) is 0 Å². The number of nitrogens with one attached hydrogen (secondary N) is 1. The van der Waals surface area contributed by atoms with Gasteiger partial charge in [-0.05, 0) is 12.8 Å². The number of carbonyl (C=O) groups excluding carboxylic acids is 1. The highest BCUT2D eigenvalue weighted by Crippen LogP contribution is 2.19. The normalized spacial score (nSPS) is 22.9. The Hall–Kier alpha value is -1.89. The maximum atomic E-state index is 11.7. The number of carboxylic acid groups (broad SMARTS) is 1. The number of aliphatic carboxylic acids is 1. The maximum absolute atomic E-state index is 11.7. The summed E-state index contributed by atoms with van der Waals surface area (Å²) in [5.41, 5.74) is 0. The van der Waals surface area contributed by atoms with Crippen molar-refractivity contribution in [3.8, 4) is 0 Å². The predicted molar refractivity (Wildman–Crippen MR) is 60.8 cm³/mol. The summed E-state index contributed by atoms with van der Waals surface area (Å²) in [7, 11) is 0. The predicted octanol–water partition coefficient (Wildman–Crippen LogP) is -0.369. The van der Waals surface area contributed by atoms with Crippen LogP contribution < -0.4 is 5.32 Å². The lowest BCUT2D eigenvalue weighted by atomic mass is 10.2. The van der Waals surface area contributed by atoms with Crippen molar-refractivity contribution in [1.29, 1.82) is 0 Å². The van der Waals surface area contributed by atoms with Gasteiger partial charge in [-0.15, -0.1) is 0 Å². The lowest BCUT2D eigenvalue weighted by Crippen LogP contribution is -2.37. The molecule has 7 nitrogen and oxygen atoms in total. The quantitative estimate of drug-likeness (QED) is 0.747. The van der Waals surface area contributed by atoms with Crippen molar-refractivity contribution in [1.82, 2.24) is 14.9 Å². The second kappa shape index (κ2) is 5.63. The zero-order valence-corrected chi connectivity index (χ0v) is 9.78. The second-order valence-corrected chi connectivity index (χ2v) is 4.12. The Morgan fingerprint density at radius 3 is 2.83 bits per heavy atom. The molecule has 2 atom stereocenters. The van der Waals surface area contributed by atoms with Crippen LogP contribution in [0.15, 0.2) is 18.7 Å². The molecule has 0 aliphatic carbocycles. The molecular weight excluding hydrogens is 238 g/mol. The smallest absolute Gasteiger partial charge is 0.332 e. The fourth-order valence-corrected chi connectivity index (χ4v) is 1.85. The van der Waals surface area contributed by atoms with Gasteiger partial charge in [0.2, 0.25) is 5.91 Å². The Kier molecular flexibility index (Phi) is 3.93. The molecule has 1 aromatic heterocycles. The fraction of sp³-hybridized carbons (Fsp3) is 0.545. The number of nitrogens with zero attached hydrogens (tertiary/aromatic N) is 2. The molecule has 2 heterocycles. The van der Waals surface area contributed by atoms with Gasteiger partial charge in [0.15, 0.2) is 6.10 Å². The zero-order chi connectivity index (χ0) is 13.0. The molecule has 2 rings (SSSR count). The largest absolute Gasteiger partial charge is 0.479 e. The summed E-state index contributed by atoms with van der Waals surface area (Å²) in [5, 5.41) is 11.5. The number of carbonyl (C=O) groups is 2. The second-order valence-electron chi connectivity index (χ2n) is 4.12. The number of amides is 1. The topological polar surface area (TPSA) is 93.5 Å². The number of imidazole rings is 1. The van der Waals surface area contributed by atoms with Crippen LogP contribution in [0, 0.1) is 0 Å². The molecular formula is C11H15N3O4. The number of hydrogen-bond donors (Lipinski definition) is 2. The Labute approximate surface area is 104 Å². The number of aromatic nitrogens is 2. The molecule has 98 valence electrons. The van der Waals surface area contributed by atoms with Gasteiger partial charge in [0, 0.05) is 25.5 Å². The van der Waals surface area contributed by atoms with Crippen molar-refractivity contribution in [2.45, 2.75) is 31.6 Å². The first-order chi connectivity index (χ1) is 8.66. The van der Waals surface area contributed by atoms with Gasteiger partial charge < -0.3 is 19.7 Å². The molecule has 1 saturated heterocycles. The first-order valence-electron chi connectivity index (χ1n) is 5.78. The van der Waals surface area contributed by atoms with E-state index in [1.807, 2.05) is 4.57 Å². The van der Waals surface area contributed by atoms with Crippen LogP contribution in [0.5, 0.6) is 0 Å². The molecule has 18 heavy (non-hydrogen) atoms.